The SMILES string of the molecule is Cc1ccc(C)c(OCCNC(=O)CSCc2ccc(F)cc2)c1. The van der Waals surface area contributed by atoms with E-state index >= 15 is 0 Å². The lowest BCUT2D eigenvalue weighted by atomic mass is 10.1. The van der Waals surface area contributed by atoms with E-state index in [0.29, 0.717) is 24.7 Å². The lowest BCUT2D eigenvalue weighted by Crippen LogP contribution is -2.29. The Balaban J connectivity index is 1.61. The van der Waals surface area contributed by atoms with Crippen LogP contribution in [0.25, 0.3) is 0 Å². The topological polar surface area (TPSA) is 38.3 Å². The Labute approximate surface area is 146 Å². The third kappa shape index (κ3) is 6.24. The molecular weight excluding hydrogens is 325 g/mol. The molecule has 0 aromatic heterocycles. The zero-order chi connectivity index (χ0) is 17.4. The third-order valence-corrected chi connectivity index (χ3v) is 4.44. The van der Waals surface area contributed by atoms with Crippen LogP contribution in [-0.4, -0.2) is 24.8 Å². The minimum absolute atomic E-state index is 0.0216. The molecule has 3 nitrogen and oxygen atoms in total. The van der Waals surface area contributed by atoms with Crippen molar-refractivity contribution in [1.29, 1.82) is 0 Å². The monoisotopic (exact) mass is 347 g/mol. The van der Waals surface area contributed by atoms with Crippen LogP contribution in [0, 0.1) is 19.7 Å². The van der Waals surface area contributed by atoms with E-state index in [1.54, 1.807) is 12.1 Å². The van der Waals surface area contributed by atoms with Gasteiger partial charge in [0.2, 0.25) is 5.91 Å². The predicted octanol–water partition coefficient (Wildman–Crippen LogP) is 3.87. The summed E-state index contributed by atoms with van der Waals surface area (Å²) < 4.78 is 18.5. The van der Waals surface area contributed by atoms with E-state index in [1.807, 2.05) is 32.0 Å². The van der Waals surface area contributed by atoms with Crippen LogP contribution in [0.3, 0.4) is 0 Å². The fourth-order valence-corrected chi connectivity index (χ4v) is 2.93. The van der Waals surface area contributed by atoms with Gasteiger partial charge in [-0.2, -0.15) is 0 Å². The Morgan fingerprint density at radius 2 is 1.92 bits per heavy atom. The van der Waals surface area contributed by atoms with Crippen molar-refractivity contribution in [3.8, 4) is 5.75 Å². The molecule has 0 aliphatic rings. The standard InChI is InChI=1S/C19H22FNO2S/c1-14-3-4-15(2)18(11-14)23-10-9-21-19(22)13-24-12-16-5-7-17(20)8-6-16/h3-8,11H,9-10,12-13H2,1-2H3,(H,21,22). The van der Waals surface area contributed by atoms with Gasteiger partial charge in [0.15, 0.2) is 0 Å². The summed E-state index contributed by atoms with van der Waals surface area (Å²) in [6.07, 6.45) is 0. The number of amides is 1. The number of hydrogen-bond donors (Lipinski definition) is 1. The summed E-state index contributed by atoms with van der Waals surface area (Å²) >= 11 is 1.50. The maximum absolute atomic E-state index is 12.8. The second kappa shape index (κ2) is 9.33. The molecule has 2 aromatic rings. The van der Waals surface area contributed by atoms with Crippen molar-refractivity contribution in [3.63, 3.8) is 0 Å². The van der Waals surface area contributed by atoms with Gasteiger partial charge in [-0.3, -0.25) is 4.79 Å². The molecule has 0 saturated carbocycles. The summed E-state index contributed by atoms with van der Waals surface area (Å²) in [6, 6.07) is 12.4. The van der Waals surface area contributed by atoms with E-state index < -0.39 is 0 Å². The molecule has 0 unspecified atom stereocenters. The molecule has 0 aliphatic heterocycles. The van der Waals surface area contributed by atoms with Crippen LogP contribution in [0.15, 0.2) is 42.5 Å². The Bertz CT molecular complexity index is 674. The number of hydrogen-bond acceptors (Lipinski definition) is 3. The van der Waals surface area contributed by atoms with Crippen LogP contribution in [0.4, 0.5) is 4.39 Å². The molecule has 0 radical (unpaired) electrons. The summed E-state index contributed by atoms with van der Waals surface area (Å²) in [5.74, 6) is 1.65. The van der Waals surface area contributed by atoms with Gasteiger partial charge in [-0.25, -0.2) is 4.39 Å². The van der Waals surface area contributed by atoms with Crippen LogP contribution in [-0.2, 0) is 10.5 Å². The van der Waals surface area contributed by atoms with Crippen molar-refractivity contribution < 1.29 is 13.9 Å². The molecular formula is C19H22FNO2S. The molecule has 1 N–H and O–H groups in total. The molecule has 1 amide bonds. The Morgan fingerprint density at radius 1 is 1.17 bits per heavy atom. The minimum atomic E-state index is -0.245. The molecule has 5 heteroatoms. The summed E-state index contributed by atoms with van der Waals surface area (Å²) in [5, 5.41) is 2.84. The molecule has 24 heavy (non-hydrogen) atoms. The normalized spacial score (nSPS) is 10.5. The molecule has 2 rings (SSSR count). The van der Waals surface area contributed by atoms with Gasteiger partial charge in [-0.05, 0) is 48.7 Å². The number of aryl methyl sites for hydroxylation is 2. The van der Waals surface area contributed by atoms with Gasteiger partial charge >= 0.3 is 0 Å². The number of benzene rings is 2. The Morgan fingerprint density at radius 3 is 2.67 bits per heavy atom. The molecule has 0 bridgehead atoms. The van der Waals surface area contributed by atoms with Gasteiger partial charge < -0.3 is 10.1 Å². The lowest BCUT2D eigenvalue weighted by molar-refractivity contribution is -0.118. The zero-order valence-electron chi connectivity index (χ0n) is 14.0. The van der Waals surface area contributed by atoms with Crippen molar-refractivity contribution in [2.24, 2.45) is 0 Å². The molecule has 2 aromatic carbocycles. The summed E-state index contributed by atoms with van der Waals surface area (Å²) in [7, 11) is 0. The first-order chi connectivity index (χ1) is 11.5. The zero-order valence-corrected chi connectivity index (χ0v) is 14.8. The van der Waals surface area contributed by atoms with E-state index in [0.717, 1.165) is 22.4 Å². The Hall–Kier alpha value is -2.01. The molecule has 0 spiro atoms. The molecule has 0 fully saturated rings. The second-order valence-corrected chi connectivity index (χ2v) is 6.57. The number of thioether (sulfide) groups is 1. The highest BCUT2D eigenvalue weighted by Crippen LogP contribution is 2.18. The molecule has 128 valence electrons. The van der Waals surface area contributed by atoms with E-state index in [2.05, 4.69) is 5.32 Å². The van der Waals surface area contributed by atoms with E-state index in [9.17, 15) is 9.18 Å². The number of carbonyl (C=O) groups excluding carboxylic acids is 1. The average Bonchev–Trinajstić information content (AvgIpc) is 2.56. The van der Waals surface area contributed by atoms with Gasteiger partial charge in [0.1, 0.15) is 18.2 Å². The maximum atomic E-state index is 12.8. The molecule has 0 aliphatic carbocycles. The number of ether oxygens (including phenoxy) is 1. The van der Waals surface area contributed by atoms with Crippen LogP contribution in [0.1, 0.15) is 16.7 Å². The Kier molecular flexibility index (Phi) is 7.12. The fraction of sp³-hybridized carbons (Fsp3) is 0.316. The summed E-state index contributed by atoms with van der Waals surface area (Å²) in [6.45, 7) is 4.94. The number of carbonyl (C=O) groups is 1. The molecule has 0 heterocycles. The van der Waals surface area contributed by atoms with Crippen LogP contribution in [0.5, 0.6) is 5.75 Å². The van der Waals surface area contributed by atoms with Gasteiger partial charge in [0.25, 0.3) is 0 Å². The highest BCUT2D eigenvalue weighted by molar-refractivity contribution is 7.99. The highest BCUT2D eigenvalue weighted by Gasteiger charge is 2.03. The molecule has 0 atom stereocenters. The van der Waals surface area contributed by atoms with Gasteiger partial charge in [0.05, 0.1) is 12.3 Å². The maximum Gasteiger partial charge on any atom is 0.230 e. The van der Waals surface area contributed by atoms with Gasteiger partial charge in [0, 0.05) is 5.75 Å². The van der Waals surface area contributed by atoms with Crippen molar-refractivity contribution in [3.05, 3.63) is 65.0 Å². The van der Waals surface area contributed by atoms with Crippen LogP contribution < -0.4 is 10.1 Å². The van der Waals surface area contributed by atoms with Crippen molar-refractivity contribution in [2.45, 2.75) is 19.6 Å². The second-order valence-electron chi connectivity index (χ2n) is 5.59. The smallest absolute Gasteiger partial charge is 0.230 e. The number of nitrogens with one attached hydrogen (secondary N) is 1. The van der Waals surface area contributed by atoms with E-state index in [1.165, 1.54) is 23.9 Å². The molecule has 0 saturated heterocycles. The van der Waals surface area contributed by atoms with Crippen LogP contribution in [0.2, 0.25) is 0 Å². The fourth-order valence-electron chi connectivity index (χ4n) is 2.11. The first-order valence-corrected chi connectivity index (χ1v) is 8.99. The van der Waals surface area contributed by atoms with Gasteiger partial charge in [-0.15, -0.1) is 11.8 Å². The third-order valence-electron chi connectivity index (χ3n) is 3.44. The largest absolute Gasteiger partial charge is 0.491 e. The number of halogens is 1. The van der Waals surface area contributed by atoms with Gasteiger partial charge in [-0.1, -0.05) is 24.3 Å². The minimum Gasteiger partial charge on any atom is -0.491 e. The highest BCUT2D eigenvalue weighted by atomic mass is 32.2. The average molecular weight is 347 g/mol. The van der Waals surface area contributed by atoms with Crippen molar-refractivity contribution in [1.82, 2.24) is 5.32 Å². The summed E-state index contributed by atoms with van der Waals surface area (Å²) in [4.78, 5) is 11.8. The van der Waals surface area contributed by atoms with Crippen molar-refractivity contribution in [2.75, 3.05) is 18.9 Å². The van der Waals surface area contributed by atoms with E-state index in [-0.39, 0.29) is 11.7 Å². The van der Waals surface area contributed by atoms with Crippen LogP contribution >= 0.6 is 11.8 Å². The van der Waals surface area contributed by atoms with E-state index in [4.69, 9.17) is 4.74 Å². The first kappa shape index (κ1) is 18.3. The predicted molar refractivity (Wildman–Crippen MR) is 97.0 cm³/mol. The summed E-state index contributed by atoms with van der Waals surface area (Å²) in [5.41, 5.74) is 3.24. The quantitative estimate of drug-likeness (QED) is 0.737. The first-order valence-electron chi connectivity index (χ1n) is 7.83. The van der Waals surface area contributed by atoms with Crippen molar-refractivity contribution >= 4 is 17.7 Å². The number of rotatable bonds is 8. The lowest BCUT2D eigenvalue weighted by Gasteiger charge is -2.10.